The van der Waals surface area contributed by atoms with Gasteiger partial charge in [0.2, 0.25) is 10.0 Å². The van der Waals surface area contributed by atoms with Crippen LogP contribution in [0.3, 0.4) is 0 Å². The van der Waals surface area contributed by atoms with Crippen LogP contribution >= 0.6 is 22.9 Å². The zero-order valence-electron chi connectivity index (χ0n) is 20.5. The SMILES string of the molecule is CCS(=O)(=O)N1CCN(Cc2c(-c3ccc(Cl)cc3)nc3ccc(-c4cc5ccccc5s4)cn23)CC1. The molecule has 0 saturated carbocycles. The van der Waals surface area contributed by atoms with Gasteiger partial charge in [0.15, 0.2) is 0 Å². The molecule has 9 heteroatoms. The average molecular weight is 551 g/mol. The van der Waals surface area contributed by atoms with Crippen LogP contribution in [-0.4, -0.2) is 58.9 Å². The number of imidazole rings is 1. The Morgan fingerprint density at radius 3 is 2.41 bits per heavy atom. The molecule has 0 aliphatic carbocycles. The standard InChI is InChI=1S/C28H27ClN4O2S2/c1-2-37(34,35)32-15-13-31(14-16-32)19-24-28(20-7-10-23(29)11-8-20)30-27-12-9-22(18-33(24)27)26-17-21-5-3-4-6-25(21)36-26/h3-12,17-18H,2,13-16,19H2,1H3. The maximum atomic E-state index is 12.3. The smallest absolute Gasteiger partial charge is 0.213 e. The molecule has 0 N–H and O–H groups in total. The zero-order chi connectivity index (χ0) is 25.6. The number of hydrogen-bond acceptors (Lipinski definition) is 5. The Labute approximate surface area is 225 Å². The second-order valence-electron chi connectivity index (χ2n) is 9.28. The molecule has 0 unspecified atom stereocenters. The first-order valence-electron chi connectivity index (χ1n) is 12.4. The number of nitrogens with zero attached hydrogens (tertiary/aromatic N) is 4. The van der Waals surface area contributed by atoms with Crippen LogP contribution in [0, 0.1) is 0 Å². The molecule has 5 aromatic rings. The number of benzene rings is 2. The van der Waals surface area contributed by atoms with Crippen molar-refractivity contribution < 1.29 is 8.42 Å². The van der Waals surface area contributed by atoms with E-state index in [1.54, 1.807) is 22.6 Å². The summed E-state index contributed by atoms with van der Waals surface area (Å²) in [4.78, 5) is 8.55. The molecule has 4 heterocycles. The van der Waals surface area contributed by atoms with E-state index in [4.69, 9.17) is 16.6 Å². The third kappa shape index (κ3) is 4.80. The van der Waals surface area contributed by atoms with E-state index in [2.05, 4.69) is 58.0 Å². The van der Waals surface area contributed by atoms with Crippen molar-refractivity contribution in [3.05, 3.63) is 83.6 Å². The summed E-state index contributed by atoms with van der Waals surface area (Å²) in [6, 6.07) is 22.7. The third-order valence-electron chi connectivity index (χ3n) is 7.01. The lowest BCUT2D eigenvalue weighted by molar-refractivity contribution is 0.180. The molecule has 37 heavy (non-hydrogen) atoms. The van der Waals surface area contributed by atoms with Gasteiger partial charge in [-0.05, 0) is 48.7 Å². The van der Waals surface area contributed by atoms with Gasteiger partial charge in [0.05, 0.1) is 17.1 Å². The predicted octanol–water partition coefficient (Wildman–Crippen LogP) is 6.00. The highest BCUT2D eigenvalue weighted by atomic mass is 35.5. The molecule has 3 aromatic heterocycles. The molecule has 1 saturated heterocycles. The summed E-state index contributed by atoms with van der Waals surface area (Å²) in [6.45, 7) is 4.76. The van der Waals surface area contributed by atoms with E-state index >= 15 is 0 Å². The molecule has 0 amide bonds. The van der Waals surface area contributed by atoms with Crippen molar-refractivity contribution in [2.45, 2.75) is 13.5 Å². The van der Waals surface area contributed by atoms with E-state index in [1.807, 2.05) is 24.3 Å². The second kappa shape index (κ2) is 9.85. The molecule has 1 aliphatic heterocycles. The molecule has 6 nitrogen and oxygen atoms in total. The summed E-state index contributed by atoms with van der Waals surface area (Å²) in [6.07, 6.45) is 2.18. The van der Waals surface area contributed by atoms with Gasteiger partial charge in [-0.1, -0.05) is 41.9 Å². The second-order valence-corrected chi connectivity index (χ2v) is 13.1. The quantitative estimate of drug-likeness (QED) is 0.260. The predicted molar refractivity (Wildman–Crippen MR) is 153 cm³/mol. The summed E-state index contributed by atoms with van der Waals surface area (Å²) in [5.74, 6) is 0.140. The highest BCUT2D eigenvalue weighted by Gasteiger charge is 2.27. The number of halogens is 1. The van der Waals surface area contributed by atoms with Gasteiger partial charge in [0.1, 0.15) is 5.65 Å². The van der Waals surface area contributed by atoms with Crippen molar-refractivity contribution in [1.29, 1.82) is 0 Å². The molecular weight excluding hydrogens is 524 g/mol. The van der Waals surface area contributed by atoms with Gasteiger partial charge in [-0.3, -0.25) is 4.90 Å². The Bertz CT molecular complexity index is 1650. The van der Waals surface area contributed by atoms with Crippen LogP contribution in [0.2, 0.25) is 5.02 Å². The van der Waals surface area contributed by atoms with Crippen LogP contribution in [0.4, 0.5) is 0 Å². The van der Waals surface area contributed by atoms with Gasteiger partial charge >= 0.3 is 0 Å². The summed E-state index contributed by atoms with van der Waals surface area (Å²) in [5, 5.41) is 1.93. The van der Waals surface area contributed by atoms with Crippen molar-refractivity contribution in [2.24, 2.45) is 0 Å². The Balaban J connectivity index is 1.39. The van der Waals surface area contributed by atoms with E-state index in [1.165, 1.54) is 15.0 Å². The first kappa shape index (κ1) is 24.6. The van der Waals surface area contributed by atoms with Crippen LogP contribution in [0.25, 0.3) is 37.4 Å². The molecule has 190 valence electrons. The minimum absolute atomic E-state index is 0.140. The summed E-state index contributed by atoms with van der Waals surface area (Å²) < 4.78 is 29.8. The van der Waals surface area contributed by atoms with Crippen LogP contribution in [0.15, 0.2) is 72.9 Å². The van der Waals surface area contributed by atoms with Gasteiger partial charge in [0.25, 0.3) is 0 Å². The van der Waals surface area contributed by atoms with Crippen molar-refractivity contribution in [1.82, 2.24) is 18.6 Å². The van der Waals surface area contributed by atoms with Gasteiger partial charge in [-0.2, -0.15) is 4.31 Å². The van der Waals surface area contributed by atoms with E-state index < -0.39 is 10.0 Å². The topological polar surface area (TPSA) is 57.9 Å². The van der Waals surface area contributed by atoms with E-state index in [9.17, 15) is 8.42 Å². The van der Waals surface area contributed by atoms with E-state index in [0.29, 0.717) is 37.7 Å². The zero-order valence-corrected chi connectivity index (χ0v) is 22.9. The number of fused-ring (bicyclic) bond motifs is 2. The number of pyridine rings is 1. The maximum Gasteiger partial charge on any atom is 0.213 e. The van der Waals surface area contributed by atoms with Crippen molar-refractivity contribution in [3.63, 3.8) is 0 Å². The van der Waals surface area contributed by atoms with Crippen LogP contribution in [-0.2, 0) is 16.6 Å². The first-order chi connectivity index (χ1) is 17.9. The first-order valence-corrected chi connectivity index (χ1v) is 15.2. The molecule has 2 aromatic carbocycles. The van der Waals surface area contributed by atoms with Crippen molar-refractivity contribution >= 4 is 48.7 Å². The van der Waals surface area contributed by atoms with Gasteiger partial charge in [0, 0.05) is 64.6 Å². The van der Waals surface area contributed by atoms with Crippen LogP contribution in [0.5, 0.6) is 0 Å². The fourth-order valence-corrected chi connectivity index (χ4v) is 7.18. The summed E-state index contributed by atoms with van der Waals surface area (Å²) in [5.41, 5.74) is 5.06. The molecular formula is C28H27ClN4O2S2. The lowest BCUT2D eigenvalue weighted by atomic mass is 10.1. The number of sulfonamides is 1. The van der Waals surface area contributed by atoms with E-state index in [0.717, 1.165) is 28.2 Å². The largest absolute Gasteiger partial charge is 0.301 e. The minimum Gasteiger partial charge on any atom is -0.301 e. The molecule has 0 atom stereocenters. The minimum atomic E-state index is -3.17. The maximum absolute atomic E-state index is 12.3. The third-order valence-corrected chi connectivity index (χ3v) is 10.3. The fourth-order valence-electron chi connectivity index (χ4n) is 4.91. The highest BCUT2D eigenvalue weighted by Crippen LogP contribution is 2.35. The molecule has 0 radical (unpaired) electrons. The normalized spacial score (nSPS) is 15.6. The van der Waals surface area contributed by atoms with Crippen LogP contribution < -0.4 is 0 Å². The number of aromatic nitrogens is 2. The van der Waals surface area contributed by atoms with Crippen molar-refractivity contribution in [3.8, 4) is 21.7 Å². The Morgan fingerprint density at radius 2 is 1.68 bits per heavy atom. The highest BCUT2D eigenvalue weighted by molar-refractivity contribution is 7.89. The number of hydrogen-bond donors (Lipinski definition) is 0. The van der Waals surface area contributed by atoms with Crippen LogP contribution in [0.1, 0.15) is 12.6 Å². The Hall–Kier alpha value is -2.75. The number of rotatable bonds is 6. The molecule has 6 rings (SSSR count). The van der Waals surface area contributed by atoms with Gasteiger partial charge in [-0.15, -0.1) is 11.3 Å². The van der Waals surface area contributed by atoms with Crippen molar-refractivity contribution in [2.75, 3.05) is 31.9 Å². The fraction of sp³-hybridized carbons (Fsp3) is 0.250. The Kier molecular flexibility index (Phi) is 6.54. The molecule has 1 aliphatic rings. The lowest BCUT2D eigenvalue weighted by Gasteiger charge is -2.33. The number of thiophene rings is 1. The summed E-state index contributed by atoms with van der Waals surface area (Å²) >= 11 is 7.96. The number of piperazine rings is 1. The molecule has 0 bridgehead atoms. The van der Waals surface area contributed by atoms with Gasteiger partial charge < -0.3 is 4.40 Å². The molecule has 1 fully saturated rings. The van der Waals surface area contributed by atoms with Gasteiger partial charge in [-0.25, -0.2) is 13.4 Å². The Morgan fingerprint density at radius 1 is 0.946 bits per heavy atom. The van der Waals surface area contributed by atoms with E-state index in [-0.39, 0.29) is 5.75 Å². The molecule has 0 spiro atoms. The summed E-state index contributed by atoms with van der Waals surface area (Å²) in [7, 11) is -3.17. The monoisotopic (exact) mass is 550 g/mol. The lowest BCUT2D eigenvalue weighted by Crippen LogP contribution is -2.48. The average Bonchev–Trinajstić information content (AvgIpc) is 3.51.